The van der Waals surface area contributed by atoms with Crippen LogP contribution in [0.5, 0.6) is 11.5 Å². The predicted octanol–water partition coefficient (Wildman–Crippen LogP) is 2.60. The predicted molar refractivity (Wildman–Crippen MR) is 120 cm³/mol. The lowest BCUT2D eigenvalue weighted by Crippen LogP contribution is -2.27. The van der Waals surface area contributed by atoms with E-state index < -0.39 is 0 Å². The van der Waals surface area contributed by atoms with E-state index in [9.17, 15) is 4.79 Å². The van der Waals surface area contributed by atoms with Crippen molar-refractivity contribution in [2.24, 2.45) is 0 Å². The number of methoxy groups -OCH3 is 2. The number of fused-ring (bicyclic) bond motifs is 1. The second kappa shape index (κ2) is 9.42. The number of amides is 1. The zero-order chi connectivity index (χ0) is 21.8. The molecule has 1 aliphatic heterocycles. The molecule has 31 heavy (non-hydrogen) atoms. The number of nitrogens with zero attached hydrogens (tertiary/aromatic N) is 5. The van der Waals surface area contributed by atoms with Crippen molar-refractivity contribution in [1.82, 2.24) is 25.1 Å². The highest BCUT2D eigenvalue weighted by atomic mass is 32.2. The standard InChI is InChI=1S/C21H26N6O3S/c1-29-15-10-14(11-16(12-15)30-2)20(28)22-6-9-27-19-17(13-23-27)18(24-21(25-19)31-3)26-7-4-5-8-26/h10-13H,4-9H2,1-3H3,(H,22,28). The van der Waals surface area contributed by atoms with Gasteiger partial charge in [0.1, 0.15) is 17.3 Å². The van der Waals surface area contributed by atoms with Crippen LogP contribution in [0.2, 0.25) is 0 Å². The van der Waals surface area contributed by atoms with Gasteiger partial charge in [-0.15, -0.1) is 0 Å². The largest absolute Gasteiger partial charge is 0.497 e. The lowest BCUT2D eigenvalue weighted by Gasteiger charge is -2.17. The first kappa shape index (κ1) is 21.2. The third kappa shape index (κ3) is 4.53. The fourth-order valence-corrected chi connectivity index (χ4v) is 4.02. The first-order chi connectivity index (χ1) is 15.1. The third-order valence-corrected chi connectivity index (χ3v) is 5.81. The fourth-order valence-electron chi connectivity index (χ4n) is 3.66. The number of carbonyl (C=O) groups is 1. The number of aromatic nitrogens is 4. The molecule has 0 bridgehead atoms. The maximum absolute atomic E-state index is 12.6. The highest BCUT2D eigenvalue weighted by molar-refractivity contribution is 7.98. The van der Waals surface area contributed by atoms with Crippen LogP contribution in [-0.2, 0) is 6.54 Å². The molecule has 0 aliphatic carbocycles. The number of thioether (sulfide) groups is 1. The van der Waals surface area contributed by atoms with Crippen molar-refractivity contribution in [1.29, 1.82) is 0 Å². The Kier molecular flexibility index (Phi) is 6.45. The summed E-state index contributed by atoms with van der Waals surface area (Å²) in [7, 11) is 3.11. The van der Waals surface area contributed by atoms with Gasteiger partial charge in [-0.3, -0.25) is 4.79 Å². The fraction of sp³-hybridized carbons (Fsp3) is 0.429. The summed E-state index contributed by atoms with van der Waals surface area (Å²) in [6.07, 6.45) is 6.14. The summed E-state index contributed by atoms with van der Waals surface area (Å²) in [5.74, 6) is 1.88. The molecular formula is C21H26N6O3S. The van der Waals surface area contributed by atoms with Gasteiger partial charge in [0.25, 0.3) is 5.91 Å². The topological polar surface area (TPSA) is 94.4 Å². The number of ether oxygens (including phenoxy) is 2. The van der Waals surface area contributed by atoms with E-state index in [1.165, 1.54) is 24.6 Å². The van der Waals surface area contributed by atoms with Crippen LogP contribution >= 0.6 is 11.8 Å². The van der Waals surface area contributed by atoms with Gasteiger partial charge in [0, 0.05) is 31.3 Å². The lowest BCUT2D eigenvalue weighted by molar-refractivity contribution is 0.0951. The molecule has 0 unspecified atom stereocenters. The molecule has 10 heteroatoms. The van der Waals surface area contributed by atoms with Crippen molar-refractivity contribution in [3.63, 3.8) is 0 Å². The number of benzene rings is 1. The van der Waals surface area contributed by atoms with Crippen LogP contribution in [0.1, 0.15) is 23.2 Å². The molecule has 4 rings (SSSR count). The monoisotopic (exact) mass is 442 g/mol. The molecule has 0 radical (unpaired) electrons. The molecule has 2 aromatic heterocycles. The van der Waals surface area contributed by atoms with Crippen molar-refractivity contribution in [2.75, 3.05) is 45.0 Å². The quantitative estimate of drug-likeness (QED) is 0.420. The van der Waals surface area contributed by atoms with Gasteiger partial charge in [0.05, 0.1) is 32.3 Å². The molecule has 9 nitrogen and oxygen atoms in total. The highest BCUT2D eigenvalue weighted by Gasteiger charge is 2.20. The maximum atomic E-state index is 12.6. The average Bonchev–Trinajstić information content (AvgIpc) is 3.48. The Morgan fingerprint density at radius 1 is 1.13 bits per heavy atom. The Labute approximate surface area is 185 Å². The molecule has 164 valence electrons. The van der Waals surface area contributed by atoms with Crippen molar-refractivity contribution in [3.8, 4) is 11.5 Å². The Bertz CT molecular complexity index is 1060. The Morgan fingerprint density at radius 2 is 1.84 bits per heavy atom. The van der Waals surface area contributed by atoms with E-state index in [-0.39, 0.29) is 5.91 Å². The summed E-state index contributed by atoms with van der Waals surface area (Å²) in [6.45, 7) is 2.92. The van der Waals surface area contributed by atoms with Gasteiger partial charge in [-0.2, -0.15) is 5.10 Å². The van der Waals surface area contributed by atoms with Gasteiger partial charge in [-0.25, -0.2) is 14.6 Å². The van der Waals surface area contributed by atoms with Crippen LogP contribution in [0.4, 0.5) is 5.82 Å². The van der Waals surface area contributed by atoms with E-state index in [0.29, 0.717) is 30.2 Å². The van der Waals surface area contributed by atoms with Crippen LogP contribution in [0.15, 0.2) is 29.6 Å². The second-order valence-electron chi connectivity index (χ2n) is 7.19. The van der Waals surface area contributed by atoms with Crippen molar-refractivity contribution in [2.45, 2.75) is 24.5 Å². The van der Waals surface area contributed by atoms with E-state index in [1.807, 2.05) is 17.1 Å². The lowest BCUT2D eigenvalue weighted by atomic mass is 10.2. The van der Waals surface area contributed by atoms with Crippen LogP contribution in [-0.4, -0.2) is 65.8 Å². The smallest absolute Gasteiger partial charge is 0.251 e. The number of hydrogen-bond acceptors (Lipinski definition) is 8. The van der Waals surface area contributed by atoms with Crippen LogP contribution in [0.25, 0.3) is 11.0 Å². The molecule has 1 aliphatic rings. The first-order valence-corrected chi connectivity index (χ1v) is 11.4. The minimum atomic E-state index is -0.203. The van der Waals surface area contributed by atoms with Gasteiger partial charge in [0.15, 0.2) is 10.8 Å². The van der Waals surface area contributed by atoms with E-state index in [1.54, 1.807) is 32.4 Å². The van der Waals surface area contributed by atoms with Crippen molar-refractivity contribution < 1.29 is 14.3 Å². The molecule has 3 heterocycles. The summed E-state index contributed by atoms with van der Waals surface area (Å²) in [5, 5.41) is 9.12. The molecule has 1 amide bonds. The molecule has 1 saturated heterocycles. The maximum Gasteiger partial charge on any atom is 0.251 e. The molecule has 0 saturated carbocycles. The van der Waals surface area contributed by atoms with Crippen LogP contribution < -0.4 is 19.7 Å². The first-order valence-electron chi connectivity index (χ1n) is 10.2. The van der Waals surface area contributed by atoms with Gasteiger partial charge in [-0.05, 0) is 31.2 Å². The van der Waals surface area contributed by atoms with Gasteiger partial charge in [0.2, 0.25) is 0 Å². The summed E-state index contributed by atoms with van der Waals surface area (Å²) in [4.78, 5) is 24.3. The van der Waals surface area contributed by atoms with E-state index >= 15 is 0 Å². The Hall–Kier alpha value is -3.01. The van der Waals surface area contributed by atoms with Gasteiger partial charge < -0.3 is 19.7 Å². The van der Waals surface area contributed by atoms with Crippen molar-refractivity contribution in [3.05, 3.63) is 30.0 Å². The molecular weight excluding hydrogens is 416 g/mol. The van der Waals surface area contributed by atoms with Gasteiger partial charge >= 0.3 is 0 Å². The summed E-state index contributed by atoms with van der Waals surface area (Å²) < 4.78 is 12.3. The van der Waals surface area contributed by atoms with Crippen LogP contribution in [0.3, 0.4) is 0 Å². The highest BCUT2D eigenvalue weighted by Crippen LogP contribution is 2.28. The van der Waals surface area contributed by atoms with E-state index in [2.05, 4.69) is 20.3 Å². The number of nitrogens with one attached hydrogen (secondary N) is 1. The van der Waals surface area contributed by atoms with Gasteiger partial charge in [-0.1, -0.05) is 11.8 Å². The Morgan fingerprint density at radius 3 is 2.48 bits per heavy atom. The summed E-state index contributed by atoms with van der Waals surface area (Å²) in [5.41, 5.74) is 1.27. The van der Waals surface area contributed by atoms with Crippen molar-refractivity contribution >= 4 is 34.5 Å². The number of hydrogen-bond donors (Lipinski definition) is 1. The molecule has 0 atom stereocenters. The minimum Gasteiger partial charge on any atom is -0.497 e. The molecule has 1 fully saturated rings. The van der Waals surface area contributed by atoms with E-state index in [0.717, 1.165) is 35.1 Å². The van der Waals surface area contributed by atoms with Crippen LogP contribution in [0, 0.1) is 0 Å². The molecule has 0 spiro atoms. The average molecular weight is 443 g/mol. The third-order valence-electron chi connectivity index (χ3n) is 5.27. The second-order valence-corrected chi connectivity index (χ2v) is 7.96. The summed E-state index contributed by atoms with van der Waals surface area (Å²) in [6, 6.07) is 5.09. The molecule has 1 aromatic carbocycles. The normalized spacial score (nSPS) is 13.6. The molecule has 3 aromatic rings. The minimum absolute atomic E-state index is 0.203. The zero-order valence-electron chi connectivity index (χ0n) is 17.9. The Balaban J connectivity index is 1.49. The number of anilines is 1. The zero-order valence-corrected chi connectivity index (χ0v) is 18.7. The number of carbonyl (C=O) groups excluding carboxylic acids is 1. The van der Waals surface area contributed by atoms with E-state index in [4.69, 9.17) is 14.5 Å². The number of rotatable bonds is 8. The summed E-state index contributed by atoms with van der Waals surface area (Å²) >= 11 is 1.52. The SMILES string of the molecule is COc1cc(OC)cc(C(=O)NCCn2ncc3c(N4CCCC4)nc(SC)nc32)c1. The molecule has 1 N–H and O–H groups in total.